The molecule has 0 saturated carbocycles. The molecule has 0 amide bonds. The van der Waals surface area contributed by atoms with Crippen molar-refractivity contribution in [1.29, 1.82) is 0 Å². The van der Waals surface area contributed by atoms with E-state index in [0.717, 1.165) is 6.61 Å². The van der Waals surface area contributed by atoms with Gasteiger partial charge in [0.1, 0.15) is 0 Å². The number of rotatable bonds is 6. The molecule has 0 aromatic carbocycles. The zero-order valence-corrected chi connectivity index (χ0v) is 16.7. The summed E-state index contributed by atoms with van der Waals surface area (Å²) in [6.45, 7) is 12.5. The minimum Gasteiger partial charge on any atom is -0.417 e. The van der Waals surface area contributed by atoms with Gasteiger partial charge in [0.25, 0.3) is 0 Å². The molecule has 108 valence electrons. The molecule has 1 aliphatic heterocycles. The van der Waals surface area contributed by atoms with Gasteiger partial charge in [-0.3, -0.25) is 0 Å². The third-order valence-corrected chi connectivity index (χ3v) is 19.9. The Balaban J connectivity index is 2.17. The second-order valence-corrected chi connectivity index (χ2v) is 23.4. The summed E-state index contributed by atoms with van der Waals surface area (Å²) in [6.07, 6.45) is 3.70. The highest BCUT2D eigenvalue weighted by molar-refractivity contribution is 9.01. The second-order valence-electron chi connectivity index (χ2n) is 6.32. The molecule has 0 spiro atoms. The molecule has 0 aliphatic carbocycles. The number of unbranched alkanes of at least 4 members (excludes halogenated alkanes) is 1. The lowest BCUT2D eigenvalue weighted by molar-refractivity contribution is 0.281. The summed E-state index contributed by atoms with van der Waals surface area (Å²) in [6, 6.07) is 0. The molecule has 1 rings (SSSR count). The van der Waals surface area contributed by atoms with Crippen LogP contribution in [0.4, 0.5) is 0 Å². The maximum absolute atomic E-state index is 6.20. The quantitative estimate of drug-likeness (QED) is 0.354. The molecule has 0 radical (unpaired) electrons. The monoisotopic (exact) mass is 342 g/mol. The molecule has 1 aliphatic rings. The van der Waals surface area contributed by atoms with Gasteiger partial charge in [-0.05, 0) is 37.1 Å². The van der Waals surface area contributed by atoms with Gasteiger partial charge in [0.2, 0.25) is 0 Å². The van der Waals surface area contributed by atoms with Crippen molar-refractivity contribution in [2.24, 2.45) is 0 Å². The summed E-state index contributed by atoms with van der Waals surface area (Å²) in [7, 11) is -1.53. The van der Waals surface area contributed by atoms with Gasteiger partial charge in [-0.2, -0.15) is 0 Å². The van der Waals surface area contributed by atoms with Crippen molar-refractivity contribution in [3.8, 4) is 0 Å². The van der Waals surface area contributed by atoms with Crippen molar-refractivity contribution in [2.75, 3.05) is 24.3 Å². The van der Waals surface area contributed by atoms with Crippen LogP contribution < -0.4 is 0 Å². The Morgan fingerprint density at radius 2 is 1.72 bits per heavy atom. The van der Waals surface area contributed by atoms with Crippen LogP contribution in [0.5, 0.6) is 0 Å². The van der Waals surface area contributed by atoms with E-state index in [0.29, 0.717) is 5.04 Å². The molecule has 1 heterocycles. The van der Waals surface area contributed by atoms with Gasteiger partial charge in [-0.25, -0.2) is 0 Å². The summed E-state index contributed by atoms with van der Waals surface area (Å²) in [5.41, 5.74) is 0. The van der Waals surface area contributed by atoms with Gasteiger partial charge in [0.15, 0.2) is 8.32 Å². The van der Waals surface area contributed by atoms with E-state index >= 15 is 0 Å². The van der Waals surface area contributed by atoms with Crippen LogP contribution in [0.3, 0.4) is 0 Å². The van der Waals surface area contributed by atoms with Crippen LogP contribution in [0.25, 0.3) is 0 Å². The van der Waals surface area contributed by atoms with Crippen LogP contribution in [0.1, 0.15) is 33.6 Å². The van der Waals surface area contributed by atoms with Crippen LogP contribution >= 0.6 is 27.2 Å². The molecule has 1 nitrogen and oxygen atoms in total. The van der Waals surface area contributed by atoms with Gasteiger partial charge in [-0.1, -0.05) is 32.6 Å². The van der Waals surface area contributed by atoms with E-state index in [2.05, 4.69) is 56.6 Å². The topological polar surface area (TPSA) is 9.23 Å². The van der Waals surface area contributed by atoms with Crippen molar-refractivity contribution in [3.05, 3.63) is 0 Å². The largest absolute Gasteiger partial charge is 0.417 e. The minimum absolute atomic E-state index is 0.330. The number of hydrogen-bond donors (Lipinski definition) is 0. The van der Waals surface area contributed by atoms with Gasteiger partial charge >= 0.3 is 0 Å². The fourth-order valence-electron chi connectivity index (χ4n) is 1.47. The van der Waals surface area contributed by atoms with Crippen molar-refractivity contribution >= 4 is 47.3 Å². The van der Waals surface area contributed by atoms with Gasteiger partial charge in [-0.15, -0.1) is 22.8 Å². The highest BCUT2D eigenvalue weighted by Gasteiger charge is 2.36. The van der Waals surface area contributed by atoms with E-state index in [4.69, 9.17) is 16.2 Å². The number of hydrogen-bond acceptors (Lipinski definition) is 4. The molecule has 6 heteroatoms. The van der Waals surface area contributed by atoms with Crippen molar-refractivity contribution < 1.29 is 4.43 Å². The second kappa shape index (κ2) is 6.99. The van der Waals surface area contributed by atoms with Gasteiger partial charge in [0, 0.05) is 18.1 Å². The standard InChI is InChI=1S/C12H27OPS3Si/c1-12(2,3)18(4,5)13-8-6-7-9-14(15)16-10-11-17-14/h6-11H2,1-5H3. The summed E-state index contributed by atoms with van der Waals surface area (Å²) >= 11 is 9.89. The summed E-state index contributed by atoms with van der Waals surface area (Å²) < 4.78 is 5.13. The Labute approximate surface area is 127 Å². The summed E-state index contributed by atoms with van der Waals surface area (Å²) in [5.74, 6) is 2.56. The zero-order chi connectivity index (χ0) is 13.9. The maximum Gasteiger partial charge on any atom is 0.191 e. The predicted molar refractivity (Wildman–Crippen MR) is 96.5 cm³/mol. The van der Waals surface area contributed by atoms with E-state index in [9.17, 15) is 0 Å². The maximum atomic E-state index is 6.20. The highest BCUT2D eigenvalue weighted by atomic mass is 33.2. The van der Waals surface area contributed by atoms with Crippen molar-refractivity contribution in [3.63, 3.8) is 0 Å². The lowest BCUT2D eigenvalue weighted by Crippen LogP contribution is -2.40. The third kappa shape index (κ3) is 5.49. The van der Waals surface area contributed by atoms with E-state index in [1.165, 1.54) is 30.5 Å². The zero-order valence-electron chi connectivity index (χ0n) is 12.3. The lowest BCUT2D eigenvalue weighted by Gasteiger charge is -2.36. The Kier molecular flexibility index (Phi) is 6.83. The fraction of sp³-hybridized carbons (Fsp3) is 1.00. The first-order valence-electron chi connectivity index (χ1n) is 6.68. The highest BCUT2D eigenvalue weighted by Crippen LogP contribution is 2.73. The van der Waals surface area contributed by atoms with Crippen LogP contribution in [0.15, 0.2) is 0 Å². The molecule has 1 saturated heterocycles. The van der Waals surface area contributed by atoms with E-state index in [1.54, 1.807) is 0 Å². The Bertz CT molecular complexity index is 305. The molecule has 18 heavy (non-hydrogen) atoms. The molecule has 1 fully saturated rings. The van der Waals surface area contributed by atoms with Crippen molar-refractivity contribution in [2.45, 2.75) is 51.7 Å². The van der Waals surface area contributed by atoms with E-state index in [-0.39, 0.29) is 0 Å². The van der Waals surface area contributed by atoms with Crippen LogP contribution in [-0.4, -0.2) is 32.6 Å². The van der Waals surface area contributed by atoms with E-state index < -0.39 is 12.8 Å². The van der Waals surface area contributed by atoms with Crippen LogP contribution in [0, 0.1) is 0 Å². The molecule has 0 aromatic heterocycles. The Hall–Kier alpha value is 1.53. The third-order valence-electron chi connectivity index (χ3n) is 3.75. The van der Waals surface area contributed by atoms with E-state index in [1.807, 2.05) is 0 Å². The molecule has 0 atom stereocenters. The Morgan fingerprint density at radius 1 is 1.17 bits per heavy atom. The van der Waals surface area contributed by atoms with Crippen molar-refractivity contribution in [1.82, 2.24) is 0 Å². The molecule has 0 bridgehead atoms. The van der Waals surface area contributed by atoms with Gasteiger partial charge in [0.05, 0.1) is 4.44 Å². The fourth-order valence-corrected chi connectivity index (χ4v) is 13.2. The normalized spacial score (nSPS) is 20.3. The lowest BCUT2D eigenvalue weighted by atomic mass is 10.2. The molecular weight excluding hydrogens is 315 g/mol. The first-order chi connectivity index (χ1) is 8.16. The summed E-state index contributed by atoms with van der Waals surface area (Å²) in [5, 5.41) is 0.330. The van der Waals surface area contributed by atoms with Crippen LogP contribution in [-0.2, 0) is 16.2 Å². The molecular formula is C12H27OPS3Si. The van der Waals surface area contributed by atoms with Crippen LogP contribution in [0.2, 0.25) is 18.1 Å². The smallest absolute Gasteiger partial charge is 0.191 e. The van der Waals surface area contributed by atoms with Gasteiger partial charge < -0.3 is 4.43 Å². The minimum atomic E-state index is -1.53. The first-order valence-corrected chi connectivity index (χ1v) is 15.8. The average molecular weight is 343 g/mol. The Morgan fingerprint density at radius 3 is 2.22 bits per heavy atom. The molecule has 0 N–H and O–H groups in total. The summed E-state index contributed by atoms with van der Waals surface area (Å²) in [4.78, 5) is 0. The average Bonchev–Trinajstić information content (AvgIpc) is 2.63. The SMILES string of the molecule is CC(C)(C)[Si](C)(C)OCCCCP1(=S)SCCS1. The molecule has 0 unspecified atom stereocenters. The molecule has 0 aromatic rings. The predicted octanol–water partition coefficient (Wildman–Crippen LogP) is 5.58. The first kappa shape index (κ1) is 17.6.